The number of hydrogen-bond donors (Lipinski definition) is 2. The molecule has 0 radical (unpaired) electrons. The molecule has 1 fully saturated rings. The van der Waals surface area contributed by atoms with Gasteiger partial charge in [-0.1, -0.05) is 56.5 Å². The van der Waals surface area contributed by atoms with Gasteiger partial charge in [-0.3, -0.25) is 5.10 Å². The Morgan fingerprint density at radius 1 is 1.11 bits per heavy atom. The predicted molar refractivity (Wildman–Crippen MR) is 78.9 cm³/mol. The van der Waals surface area contributed by atoms with Crippen LogP contribution in [0.1, 0.15) is 44.7 Å². The highest BCUT2D eigenvalue weighted by atomic mass is 15.2. The molecule has 1 heterocycles. The third-order valence-electron chi connectivity index (χ3n) is 4.42. The number of nitrogen functional groups attached to an aromatic ring is 1. The fourth-order valence-electron chi connectivity index (χ4n) is 3.27. The fraction of sp³-hybridized carbons (Fsp3) is 0.438. The topological polar surface area (TPSA) is 54.7 Å². The molecule has 0 amide bonds. The first-order valence-electron chi connectivity index (χ1n) is 7.10. The lowest BCUT2D eigenvalue weighted by molar-refractivity contribution is 0.312. The van der Waals surface area contributed by atoms with Crippen LogP contribution in [0.2, 0.25) is 0 Å². The molecule has 100 valence electrons. The van der Waals surface area contributed by atoms with E-state index in [1.807, 2.05) is 6.07 Å². The molecular formula is C16H21N3. The molecule has 1 aliphatic rings. The van der Waals surface area contributed by atoms with E-state index in [4.69, 9.17) is 5.73 Å². The van der Waals surface area contributed by atoms with Gasteiger partial charge >= 0.3 is 0 Å². The van der Waals surface area contributed by atoms with E-state index in [2.05, 4.69) is 41.4 Å². The zero-order valence-electron chi connectivity index (χ0n) is 11.4. The third kappa shape index (κ3) is 2.14. The summed E-state index contributed by atoms with van der Waals surface area (Å²) in [5.74, 6) is 0.619. The molecule has 1 aromatic carbocycles. The number of hydrogen-bond acceptors (Lipinski definition) is 2. The Morgan fingerprint density at radius 2 is 1.79 bits per heavy atom. The van der Waals surface area contributed by atoms with E-state index in [9.17, 15) is 0 Å². The van der Waals surface area contributed by atoms with Gasteiger partial charge in [0.1, 0.15) is 0 Å². The number of nitrogens with two attached hydrogens (primary N) is 1. The Bertz CT molecular complexity index is 551. The monoisotopic (exact) mass is 255 g/mol. The smallest absolute Gasteiger partial charge is 0.153 e. The molecule has 1 aromatic heterocycles. The number of nitrogens with zero attached hydrogens (tertiary/aromatic N) is 1. The lowest BCUT2D eigenvalue weighted by Gasteiger charge is -2.33. The number of aromatic nitrogens is 2. The minimum absolute atomic E-state index is 0.189. The van der Waals surface area contributed by atoms with Gasteiger partial charge in [-0.15, -0.1) is 0 Å². The van der Waals surface area contributed by atoms with Gasteiger partial charge in [-0.2, -0.15) is 5.10 Å². The first-order valence-corrected chi connectivity index (χ1v) is 7.10. The van der Waals surface area contributed by atoms with Crippen LogP contribution in [0.15, 0.2) is 30.3 Å². The Labute approximate surface area is 114 Å². The first-order chi connectivity index (χ1) is 9.21. The van der Waals surface area contributed by atoms with Crippen LogP contribution in [-0.4, -0.2) is 10.2 Å². The first kappa shape index (κ1) is 12.3. The van der Waals surface area contributed by atoms with Crippen molar-refractivity contribution in [2.24, 2.45) is 0 Å². The van der Waals surface area contributed by atoms with Crippen LogP contribution in [0.4, 0.5) is 5.82 Å². The molecule has 0 saturated heterocycles. The van der Waals surface area contributed by atoms with E-state index < -0.39 is 0 Å². The summed E-state index contributed by atoms with van der Waals surface area (Å²) < 4.78 is 0. The summed E-state index contributed by atoms with van der Waals surface area (Å²) in [6.45, 7) is 2.34. The number of rotatable bonds is 2. The number of nitrogens with one attached hydrogen (secondary N) is 1. The number of aromatic amines is 1. The van der Waals surface area contributed by atoms with Crippen molar-refractivity contribution >= 4 is 5.82 Å². The van der Waals surface area contributed by atoms with E-state index in [-0.39, 0.29) is 5.41 Å². The van der Waals surface area contributed by atoms with E-state index in [0.717, 1.165) is 11.1 Å². The number of H-pyrrole nitrogens is 1. The minimum atomic E-state index is 0.189. The number of anilines is 1. The van der Waals surface area contributed by atoms with Gasteiger partial charge in [0.15, 0.2) is 5.82 Å². The van der Waals surface area contributed by atoms with Crippen LogP contribution in [-0.2, 0) is 5.41 Å². The van der Waals surface area contributed by atoms with Crippen LogP contribution in [0, 0.1) is 0 Å². The molecule has 1 aliphatic carbocycles. The van der Waals surface area contributed by atoms with Crippen molar-refractivity contribution in [2.75, 3.05) is 5.73 Å². The summed E-state index contributed by atoms with van der Waals surface area (Å²) in [6, 6.07) is 10.3. The van der Waals surface area contributed by atoms with Crippen LogP contribution in [0.3, 0.4) is 0 Å². The Hall–Kier alpha value is -1.77. The molecule has 0 spiro atoms. The van der Waals surface area contributed by atoms with Crippen molar-refractivity contribution in [3.63, 3.8) is 0 Å². The molecule has 3 heteroatoms. The van der Waals surface area contributed by atoms with Gasteiger partial charge in [0.25, 0.3) is 0 Å². The molecule has 3 N–H and O–H groups in total. The van der Waals surface area contributed by atoms with Crippen molar-refractivity contribution in [3.8, 4) is 11.1 Å². The van der Waals surface area contributed by atoms with Gasteiger partial charge in [-0.05, 0) is 18.4 Å². The molecule has 0 aliphatic heterocycles. The molecule has 0 atom stereocenters. The van der Waals surface area contributed by atoms with Crippen LogP contribution in [0.5, 0.6) is 0 Å². The molecular weight excluding hydrogens is 234 g/mol. The summed E-state index contributed by atoms with van der Waals surface area (Å²) >= 11 is 0. The lowest BCUT2D eigenvalue weighted by atomic mass is 9.72. The van der Waals surface area contributed by atoms with Crippen molar-refractivity contribution in [1.82, 2.24) is 10.2 Å². The zero-order valence-corrected chi connectivity index (χ0v) is 11.4. The van der Waals surface area contributed by atoms with Gasteiger partial charge < -0.3 is 5.73 Å². The molecule has 0 unspecified atom stereocenters. The maximum absolute atomic E-state index is 6.10. The standard InChI is InChI=1S/C16H21N3/c1-16(10-6-3-7-11-16)14-13(15(17)19-18-14)12-8-4-2-5-9-12/h2,4-5,8-9H,3,6-7,10-11H2,1H3,(H3,17,18,19). The minimum Gasteiger partial charge on any atom is -0.382 e. The fourth-order valence-corrected chi connectivity index (χ4v) is 3.27. The Morgan fingerprint density at radius 3 is 2.47 bits per heavy atom. The van der Waals surface area contributed by atoms with Crippen LogP contribution >= 0.6 is 0 Å². The van der Waals surface area contributed by atoms with E-state index in [1.54, 1.807) is 0 Å². The third-order valence-corrected chi connectivity index (χ3v) is 4.42. The highest BCUT2D eigenvalue weighted by molar-refractivity contribution is 5.77. The summed E-state index contributed by atoms with van der Waals surface area (Å²) in [4.78, 5) is 0. The van der Waals surface area contributed by atoms with Crippen molar-refractivity contribution in [3.05, 3.63) is 36.0 Å². The maximum atomic E-state index is 6.10. The second-order valence-electron chi connectivity index (χ2n) is 5.85. The molecule has 3 nitrogen and oxygen atoms in total. The highest BCUT2D eigenvalue weighted by Crippen LogP contribution is 2.43. The average Bonchev–Trinajstić information content (AvgIpc) is 2.83. The second kappa shape index (κ2) is 4.72. The molecule has 3 rings (SSSR count). The molecule has 2 aromatic rings. The van der Waals surface area contributed by atoms with Gasteiger partial charge in [0.2, 0.25) is 0 Å². The summed E-state index contributed by atoms with van der Waals surface area (Å²) in [6.07, 6.45) is 6.37. The summed E-state index contributed by atoms with van der Waals surface area (Å²) in [5.41, 5.74) is 9.77. The molecule has 1 saturated carbocycles. The second-order valence-corrected chi connectivity index (χ2v) is 5.85. The quantitative estimate of drug-likeness (QED) is 0.855. The summed E-state index contributed by atoms with van der Waals surface area (Å²) in [5, 5.41) is 7.47. The normalized spacial score (nSPS) is 18.4. The largest absolute Gasteiger partial charge is 0.382 e. The van der Waals surface area contributed by atoms with Gasteiger partial charge in [0, 0.05) is 11.0 Å². The highest BCUT2D eigenvalue weighted by Gasteiger charge is 2.33. The van der Waals surface area contributed by atoms with E-state index in [1.165, 1.54) is 37.8 Å². The Kier molecular flexibility index (Phi) is 3.05. The van der Waals surface area contributed by atoms with Crippen molar-refractivity contribution in [1.29, 1.82) is 0 Å². The summed E-state index contributed by atoms with van der Waals surface area (Å²) in [7, 11) is 0. The molecule has 0 bridgehead atoms. The zero-order chi connectivity index (χ0) is 13.3. The van der Waals surface area contributed by atoms with E-state index in [0.29, 0.717) is 5.82 Å². The average molecular weight is 255 g/mol. The van der Waals surface area contributed by atoms with Crippen molar-refractivity contribution in [2.45, 2.75) is 44.4 Å². The van der Waals surface area contributed by atoms with Crippen LogP contribution in [0.25, 0.3) is 11.1 Å². The lowest BCUT2D eigenvalue weighted by Crippen LogP contribution is -2.26. The van der Waals surface area contributed by atoms with Crippen molar-refractivity contribution < 1.29 is 0 Å². The van der Waals surface area contributed by atoms with Gasteiger partial charge in [-0.25, -0.2) is 0 Å². The Balaban J connectivity index is 2.08. The van der Waals surface area contributed by atoms with E-state index >= 15 is 0 Å². The predicted octanol–water partition coefficient (Wildman–Crippen LogP) is 3.88. The molecule has 19 heavy (non-hydrogen) atoms. The SMILES string of the molecule is CC1(c2[nH]nc(N)c2-c2ccccc2)CCCCC1. The van der Waals surface area contributed by atoms with Gasteiger partial charge in [0.05, 0.1) is 5.69 Å². The maximum Gasteiger partial charge on any atom is 0.153 e. The van der Waals surface area contributed by atoms with Crippen LogP contribution < -0.4 is 5.73 Å². The number of benzene rings is 1.